The predicted octanol–water partition coefficient (Wildman–Crippen LogP) is 1.07. The van der Waals surface area contributed by atoms with Crippen molar-refractivity contribution in [1.82, 2.24) is 14.8 Å². The average Bonchev–Trinajstić information content (AvgIpc) is 3.19. The van der Waals surface area contributed by atoms with Gasteiger partial charge >= 0.3 is 0 Å². The Kier molecular flexibility index (Phi) is 3.32. The van der Waals surface area contributed by atoms with Gasteiger partial charge in [0.25, 0.3) is 0 Å². The lowest BCUT2D eigenvalue weighted by atomic mass is 10.4. The van der Waals surface area contributed by atoms with Crippen molar-refractivity contribution in [2.45, 2.75) is 17.7 Å². The molecule has 8 heteroatoms. The lowest BCUT2D eigenvalue weighted by Crippen LogP contribution is -2.08. The van der Waals surface area contributed by atoms with Gasteiger partial charge in [-0.3, -0.25) is 4.98 Å². The minimum Gasteiger partial charge on any atom is -0.382 e. The smallest absolute Gasteiger partial charge is 0.182 e. The standard InChI is InChI=1S/C13H17N5O2S/c1-21(19,20)11-12(14)18(10-4-6-15-7-5-10)17-13(11)16-8-9-2-3-9/h4-7,9H,2-3,8,14H2,1H3,(H,16,17). The lowest BCUT2D eigenvalue weighted by molar-refractivity contribution is 0.602. The number of nitrogens with one attached hydrogen (secondary N) is 1. The highest BCUT2D eigenvalue weighted by Crippen LogP contribution is 2.32. The fourth-order valence-electron chi connectivity index (χ4n) is 2.14. The number of nitrogens with two attached hydrogens (primary N) is 1. The number of sulfone groups is 1. The maximum atomic E-state index is 12.0. The zero-order valence-electron chi connectivity index (χ0n) is 11.7. The van der Waals surface area contributed by atoms with E-state index in [0.717, 1.165) is 12.8 Å². The maximum Gasteiger partial charge on any atom is 0.182 e. The highest BCUT2D eigenvalue weighted by atomic mass is 32.2. The second-order valence-electron chi connectivity index (χ2n) is 5.28. The number of rotatable bonds is 5. The van der Waals surface area contributed by atoms with Gasteiger partial charge in [0, 0.05) is 25.2 Å². The van der Waals surface area contributed by atoms with Crippen LogP contribution in [0.4, 0.5) is 11.6 Å². The van der Waals surface area contributed by atoms with E-state index in [1.165, 1.54) is 17.5 Å². The third kappa shape index (κ3) is 2.85. The summed E-state index contributed by atoms with van der Waals surface area (Å²) in [4.78, 5) is 3.99. The molecule has 3 rings (SSSR count). The van der Waals surface area contributed by atoms with E-state index < -0.39 is 9.84 Å². The molecule has 1 aliphatic carbocycles. The molecule has 0 atom stereocenters. The summed E-state index contributed by atoms with van der Waals surface area (Å²) in [6, 6.07) is 3.44. The Balaban J connectivity index is 2.05. The van der Waals surface area contributed by atoms with Crippen LogP contribution >= 0.6 is 0 Å². The van der Waals surface area contributed by atoms with E-state index in [1.807, 2.05) is 0 Å². The molecule has 0 amide bonds. The van der Waals surface area contributed by atoms with Crippen molar-refractivity contribution < 1.29 is 8.42 Å². The first-order valence-electron chi connectivity index (χ1n) is 6.69. The van der Waals surface area contributed by atoms with Gasteiger partial charge in [-0.05, 0) is 30.9 Å². The summed E-state index contributed by atoms with van der Waals surface area (Å²) < 4.78 is 25.4. The second-order valence-corrected chi connectivity index (χ2v) is 7.23. The Morgan fingerprint density at radius 1 is 1.38 bits per heavy atom. The van der Waals surface area contributed by atoms with Gasteiger partial charge in [0.1, 0.15) is 5.82 Å². The minimum absolute atomic E-state index is 0.0555. The number of hydrogen-bond acceptors (Lipinski definition) is 6. The molecule has 112 valence electrons. The third-order valence-corrected chi connectivity index (χ3v) is 4.55. The topological polar surface area (TPSA) is 103 Å². The Labute approximate surface area is 123 Å². The first kappa shape index (κ1) is 13.9. The summed E-state index contributed by atoms with van der Waals surface area (Å²) in [5, 5.41) is 7.43. The molecule has 0 unspecified atom stereocenters. The van der Waals surface area contributed by atoms with Crippen LogP contribution in [0.3, 0.4) is 0 Å². The quantitative estimate of drug-likeness (QED) is 0.856. The van der Waals surface area contributed by atoms with Crippen LogP contribution in [0.15, 0.2) is 29.4 Å². The van der Waals surface area contributed by atoms with Crippen molar-refractivity contribution in [2.24, 2.45) is 5.92 Å². The molecule has 0 saturated heterocycles. The average molecular weight is 307 g/mol. The Morgan fingerprint density at radius 3 is 2.62 bits per heavy atom. The number of nitrogens with zero attached hydrogens (tertiary/aromatic N) is 3. The van der Waals surface area contributed by atoms with Crippen LogP contribution in [-0.4, -0.2) is 36.0 Å². The molecule has 0 spiro atoms. The van der Waals surface area contributed by atoms with Crippen LogP contribution in [0.1, 0.15) is 12.8 Å². The van der Waals surface area contributed by atoms with Crippen LogP contribution in [0.5, 0.6) is 0 Å². The maximum absolute atomic E-state index is 12.0. The van der Waals surface area contributed by atoms with Gasteiger partial charge in [-0.25, -0.2) is 13.1 Å². The Bertz CT molecular complexity index is 750. The predicted molar refractivity (Wildman–Crippen MR) is 80.1 cm³/mol. The molecule has 1 aliphatic rings. The summed E-state index contributed by atoms with van der Waals surface area (Å²) in [5.41, 5.74) is 6.68. The molecule has 1 saturated carbocycles. The molecule has 1 fully saturated rings. The van der Waals surface area contributed by atoms with Crippen LogP contribution in [0, 0.1) is 5.92 Å². The highest BCUT2D eigenvalue weighted by Gasteiger charge is 2.27. The van der Waals surface area contributed by atoms with E-state index in [0.29, 0.717) is 17.4 Å². The number of aromatic nitrogens is 3. The van der Waals surface area contributed by atoms with Crippen molar-refractivity contribution in [1.29, 1.82) is 0 Å². The zero-order valence-corrected chi connectivity index (χ0v) is 12.5. The fourth-order valence-corrected chi connectivity index (χ4v) is 3.07. The number of anilines is 2. The van der Waals surface area contributed by atoms with Gasteiger partial charge in [0.2, 0.25) is 0 Å². The molecule has 3 N–H and O–H groups in total. The van der Waals surface area contributed by atoms with E-state index in [2.05, 4.69) is 15.4 Å². The first-order valence-corrected chi connectivity index (χ1v) is 8.59. The largest absolute Gasteiger partial charge is 0.382 e. The van der Waals surface area contributed by atoms with E-state index in [-0.39, 0.29) is 10.7 Å². The van der Waals surface area contributed by atoms with Gasteiger partial charge in [-0.15, -0.1) is 5.10 Å². The van der Waals surface area contributed by atoms with Gasteiger partial charge in [0.05, 0.1) is 5.69 Å². The third-order valence-electron chi connectivity index (χ3n) is 3.41. The molecule has 0 aliphatic heterocycles. The van der Waals surface area contributed by atoms with Crippen LogP contribution < -0.4 is 11.1 Å². The summed E-state index contributed by atoms with van der Waals surface area (Å²) in [5.74, 6) is 1.03. The summed E-state index contributed by atoms with van der Waals surface area (Å²) >= 11 is 0. The second kappa shape index (κ2) is 5.03. The fraction of sp³-hybridized carbons (Fsp3) is 0.385. The number of nitrogen functional groups attached to an aromatic ring is 1. The van der Waals surface area contributed by atoms with E-state index in [4.69, 9.17) is 5.73 Å². The van der Waals surface area contributed by atoms with Crippen molar-refractivity contribution in [3.05, 3.63) is 24.5 Å². The zero-order chi connectivity index (χ0) is 15.0. The van der Waals surface area contributed by atoms with Crippen molar-refractivity contribution in [2.75, 3.05) is 23.9 Å². The van der Waals surface area contributed by atoms with Gasteiger partial charge in [-0.1, -0.05) is 0 Å². The SMILES string of the molecule is CS(=O)(=O)c1c(NCC2CC2)nn(-c2ccncc2)c1N. The summed E-state index contributed by atoms with van der Waals surface area (Å²) in [6.45, 7) is 0.718. The molecule has 0 aromatic carbocycles. The van der Waals surface area contributed by atoms with Crippen molar-refractivity contribution in [3.63, 3.8) is 0 Å². The molecule has 2 aromatic heterocycles. The molecular weight excluding hydrogens is 290 g/mol. The highest BCUT2D eigenvalue weighted by molar-refractivity contribution is 7.91. The molecular formula is C13H17N5O2S. The van der Waals surface area contributed by atoms with Crippen molar-refractivity contribution in [3.8, 4) is 5.69 Å². The molecule has 2 aromatic rings. The monoisotopic (exact) mass is 307 g/mol. The van der Waals surface area contributed by atoms with Crippen LogP contribution in [0.2, 0.25) is 0 Å². The van der Waals surface area contributed by atoms with Crippen LogP contribution in [-0.2, 0) is 9.84 Å². The van der Waals surface area contributed by atoms with Gasteiger partial charge < -0.3 is 11.1 Å². The summed E-state index contributed by atoms with van der Waals surface area (Å²) in [6.07, 6.45) is 6.69. The number of pyridine rings is 1. The lowest BCUT2D eigenvalue weighted by Gasteiger charge is -2.03. The molecule has 21 heavy (non-hydrogen) atoms. The Morgan fingerprint density at radius 2 is 2.05 bits per heavy atom. The summed E-state index contributed by atoms with van der Waals surface area (Å²) in [7, 11) is -3.47. The molecule has 7 nitrogen and oxygen atoms in total. The molecule has 2 heterocycles. The van der Waals surface area contributed by atoms with E-state index in [9.17, 15) is 8.42 Å². The molecule has 0 radical (unpaired) electrons. The first-order chi connectivity index (χ1) is 9.97. The minimum atomic E-state index is -3.47. The van der Waals surface area contributed by atoms with Gasteiger partial charge in [-0.2, -0.15) is 0 Å². The van der Waals surface area contributed by atoms with Crippen LogP contribution in [0.25, 0.3) is 5.69 Å². The van der Waals surface area contributed by atoms with E-state index >= 15 is 0 Å². The number of hydrogen-bond donors (Lipinski definition) is 2. The van der Waals surface area contributed by atoms with E-state index in [1.54, 1.807) is 24.5 Å². The normalized spacial score (nSPS) is 15.1. The Hall–Kier alpha value is -2.09. The molecule has 0 bridgehead atoms. The van der Waals surface area contributed by atoms with Crippen molar-refractivity contribution >= 4 is 21.5 Å². The van der Waals surface area contributed by atoms with Gasteiger partial charge in [0.15, 0.2) is 20.6 Å².